The average molecular weight is 308 g/mol. The second-order valence-electron chi connectivity index (χ2n) is 5.61. The van der Waals surface area contributed by atoms with Crippen LogP contribution in [0.25, 0.3) is 0 Å². The molecule has 2 rings (SSSR count). The summed E-state index contributed by atoms with van der Waals surface area (Å²) in [6.45, 7) is -0.141. The number of nitrogens with one attached hydrogen (secondary N) is 2. The van der Waals surface area contributed by atoms with E-state index in [2.05, 4.69) is 10.6 Å². The lowest BCUT2D eigenvalue weighted by atomic mass is 9.92. The van der Waals surface area contributed by atoms with E-state index in [0.717, 1.165) is 19.3 Å². The molecule has 0 bridgehead atoms. The zero-order valence-electron chi connectivity index (χ0n) is 12.3. The van der Waals surface area contributed by atoms with E-state index >= 15 is 0 Å². The highest BCUT2D eigenvalue weighted by Gasteiger charge is 2.24. The summed E-state index contributed by atoms with van der Waals surface area (Å²) in [6.07, 6.45) is 2.91. The van der Waals surface area contributed by atoms with Crippen molar-refractivity contribution in [3.63, 3.8) is 0 Å². The third kappa shape index (κ3) is 5.11. The third-order valence-electron chi connectivity index (χ3n) is 3.78. The van der Waals surface area contributed by atoms with Gasteiger partial charge in [-0.15, -0.1) is 0 Å². The van der Waals surface area contributed by atoms with Crippen molar-refractivity contribution in [3.8, 4) is 0 Å². The summed E-state index contributed by atoms with van der Waals surface area (Å²) < 4.78 is 13.0. The summed E-state index contributed by atoms with van der Waals surface area (Å²) in [4.78, 5) is 23.5. The Labute approximate surface area is 128 Å². The molecule has 1 aromatic rings. The van der Waals surface area contributed by atoms with Crippen molar-refractivity contribution in [2.24, 2.45) is 0 Å². The van der Waals surface area contributed by atoms with Gasteiger partial charge in [0.25, 0.3) is 0 Å². The number of amides is 2. The third-order valence-corrected chi connectivity index (χ3v) is 3.78. The minimum absolute atomic E-state index is 0.0249. The highest BCUT2D eigenvalue weighted by atomic mass is 19.1. The van der Waals surface area contributed by atoms with Gasteiger partial charge in [0.1, 0.15) is 5.82 Å². The summed E-state index contributed by atoms with van der Waals surface area (Å²) in [5.41, 5.74) is 0.556. The van der Waals surface area contributed by atoms with Gasteiger partial charge in [-0.25, -0.2) is 4.39 Å². The van der Waals surface area contributed by atoms with Crippen molar-refractivity contribution in [3.05, 3.63) is 35.6 Å². The first-order valence-corrected chi connectivity index (χ1v) is 7.53. The fourth-order valence-electron chi connectivity index (χ4n) is 2.61. The Hall–Kier alpha value is -1.95. The topological polar surface area (TPSA) is 78.4 Å². The maximum absolute atomic E-state index is 13.0. The number of carbonyl (C=O) groups excluding carboxylic acids is 2. The summed E-state index contributed by atoms with van der Waals surface area (Å²) in [5, 5.41) is 15.0. The van der Waals surface area contributed by atoms with Gasteiger partial charge >= 0.3 is 0 Å². The fraction of sp³-hybridized carbons (Fsp3) is 0.500. The van der Waals surface area contributed by atoms with E-state index in [-0.39, 0.29) is 30.8 Å². The van der Waals surface area contributed by atoms with Crippen LogP contribution in [0.5, 0.6) is 0 Å². The van der Waals surface area contributed by atoms with Gasteiger partial charge in [-0.1, -0.05) is 25.0 Å². The van der Waals surface area contributed by atoms with Gasteiger partial charge in [0.2, 0.25) is 11.8 Å². The number of hydrogen-bond donors (Lipinski definition) is 3. The van der Waals surface area contributed by atoms with Crippen LogP contribution in [0.15, 0.2) is 24.3 Å². The molecule has 2 atom stereocenters. The summed E-state index contributed by atoms with van der Waals surface area (Å²) >= 11 is 0. The first-order valence-electron chi connectivity index (χ1n) is 7.53. The Balaban J connectivity index is 1.72. The molecule has 1 fully saturated rings. The molecular weight excluding hydrogens is 287 g/mol. The second kappa shape index (κ2) is 7.89. The van der Waals surface area contributed by atoms with E-state index < -0.39 is 11.9 Å². The van der Waals surface area contributed by atoms with Gasteiger partial charge in [-0.05, 0) is 30.5 Å². The van der Waals surface area contributed by atoms with Crippen LogP contribution in [-0.2, 0) is 16.0 Å². The molecule has 0 radical (unpaired) electrons. The zero-order chi connectivity index (χ0) is 15.9. The van der Waals surface area contributed by atoms with Gasteiger partial charge in [0.05, 0.1) is 25.1 Å². The molecule has 5 nitrogen and oxygen atoms in total. The molecule has 1 aliphatic rings. The smallest absolute Gasteiger partial charge is 0.239 e. The van der Waals surface area contributed by atoms with E-state index in [9.17, 15) is 19.1 Å². The Morgan fingerprint density at radius 1 is 1.23 bits per heavy atom. The molecule has 2 unspecified atom stereocenters. The van der Waals surface area contributed by atoms with Gasteiger partial charge < -0.3 is 15.7 Å². The lowest BCUT2D eigenvalue weighted by Crippen LogP contribution is -2.48. The molecule has 2 amide bonds. The Morgan fingerprint density at radius 3 is 2.73 bits per heavy atom. The van der Waals surface area contributed by atoms with Crippen LogP contribution in [0.2, 0.25) is 0 Å². The molecule has 0 heterocycles. The molecule has 22 heavy (non-hydrogen) atoms. The first kappa shape index (κ1) is 16.4. The first-order chi connectivity index (χ1) is 10.5. The Morgan fingerprint density at radius 2 is 2.00 bits per heavy atom. The van der Waals surface area contributed by atoms with Crippen molar-refractivity contribution in [2.45, 2.75) is 44.2 Å². The van der Waals surface area contributed by atoms with Crippen LogP contribution in [0.1, 0.15) is 31.2 Å². The molecule has 3 N–H and O–H groups in total. The van der Waals surface area contributed by atoms with Gasteiger partial charge in [-0.2, -0.15) is 0 Å². The standard InChI is InChI=1S/C16H21FN2O3/c17-12-5-3-4-11(8-12)9-15(21)18-10-16(22)19-13-6-1-2-7-14(13)20/h3-5,8,13-14,20H,1-2,6-7,9-10H2,(H,18,21)(H,19,22). The van der Waals surface area contributed by atoms with Crippen molar-refractivity contribution >= 4 is 11.8 Å². The van der Waals surface area contributed by atoms with Crippen LogP contribution in [0, 0.1) is 5.82 Å². The summed E-state index contributed by atoms with van der Waals surface area (Å²) in [5.74, 6) is -1.06. The van der Waals surface area contributed by atoms with E-state index in [1.807, 2.05) is 0 Å². The number of benzene rings is 1. The molecule has 1 saturated carbocycles. The van der Waals surface area contributed by atoms with Crippen LogP contribution in [-0.4, -0.2) is 35.6 Å². The maximum atomic E-state index is 13.0. The lowest BCUT2D eigenvalue weighted by Gasteiger charge is -2.28. The highest BCUT2D eigenvalue weighted by Crippen LogP contribution is 2.18. The second-order valence-corrected chi connectivity index (χ2v) is 5.61. The predicted octanol–water partition coefficient (Wildman–Crippen LogP) is 0.904. The minimum Gasteiger partial charge on any atom is -0.391 e. The van der Waals surface area contributed by atoms with Crippen LogP contribution in [0.3, 0.4) is 0 Å². The molecule has 6 heteroatoms. The van der Waals surface area contributed by atoms with Crippen molar-refractivity contribution in [2.75, 3.05) is 6.54 Å². The van der Waals surface area contributed by atoms with Gasteiger partial charge in [0, 0.05) is 0 Å². The minimum atomic E-state index is -0.513. The maximum Gasteiger partial charge on any atom is 0.239 e. The van der Waals surface area contributed by atoms with Gasteiger partial charge in [0.15, 0.2) is 0 Å². The van der Waals surface area contributed by atoms with Crippen LogP contribution < -0.4 is 10.6 Å². The quantitative estimate of drug-likeness (QED) is 0.756. The van der Waals surface area contributed by atoms with Crippen molar-refractivity contribution in [1.29, 1.82) is 0 Å². The molecule has 120 valence electrons. The Bertz CT molecular complexity index is 536. The average Bonchev–Trinajstić information content (AvgIpc) is 2.48. The lowest BCUT2D eigenvalue weighted by molar-refractivity contribution is -0.126. The molecule has 1 aromatic carbocycles. The highest BCUT2D eigenvalue weighted by molar-refractivity contribution is 5.85. The summed E-state index contributed by atoms with van der Waals surface area (Å²) in [6, 6.07) is 5.56. The van der Waals surface area contributed by atoms with E-state index in [1.165, 1.54) is 18.2 Å². The number of aliphatic hydroxyl groups excluding tert-OH is 1. The van der Waals surface area contributed by atoms with Crippen LogP contribution >= 0.6 is 0 Å². The molecule has 0 spiro atoms. The number of aliphatic hydroxyl groups is 1. The number of rotatable bonds is 5. The normalized spacial score (nSPS) is 21.2. The molecule has 0 saturated heterocycles. The Kier molecular flexibility index (Phi) is 5.89. The fourth-order valence-corrected chi connectivity index (χ4v) is 2.61. The van der Waals surface area contributed by atoms with E-state index in [1.54, 1.807) is 6.07 Å². The molecule has 0 aromatic heterocycles. The molecule has 0 aliphatic heterocycles. The zero-order valence-corrected chi connectivity index (χ0v) is 12.3. The summed E-state index contributed by atoms with van der Waals surface area (Å²) in [7, 11) is 0. The number of hydrogen-bond acceptors (Lipinski definition) is 3. The number of halogens is 1. The van der Waals surface area contributed by atoms with E-state index in [4.69, 9.17) is 0 Å². The largest absolute Gasteiger partial charge is 0.391 e. The SMILES string of the molecule is O=C(Cc1cccc(F)c1)NCC(=O)NC1CCCCC1O. The molecular formula is C16H21FN2O3. The van der Waals surface area contributed by atoms with Crippen molar-refractivity contribution < 1.29 is 19.1 Å². The van der Waals surface area contributed by atoms with Crippen LogP contribution in [0.4, 0.5) is 4.39 Å². The van der Waals surface area contributed by atoms with E-state index in [0.29, 0.717) is 12.0 Å². The molecule has 1 aliphatic carbocycles. The van der Waals surface area contributed by atoms with Crippen molar-refractivity contribution in [1.82, 2.24) is 10.6 Å². The number of carbonyl (C=O) groups is 2. The predicted molar refractivity (Wildman–Crippen MR) is 79.5 cm³/mol. The monoisotopic (exact) mass is 308 g/mol. The van der Waals surface area contributed by atoms with Gasteiger partial charge in [-0.3, -0.25) is 9.59 Å².